The molecule has 20 heavy (non-hydrogen) atoms. The van der Waals surface area contributed by atoms with Gasteiger partial charge in [-0.1, -0.05) is 25.4 Å². The molecule has 4 nitrogen and oxygen atoms in total. The van der Waals surface area contributed by atoms with Gasteiger partial charge in [-0.05, 0) is 48.8 Å². The van der Waals surface area contributed by atoms with Crippen molar-refractivity contribution in [1.29, 1.82) is 0 Å². The van der Waals surface area contributed by atoms with Gasteiger partial charge >= 0.3 is 0 Å². The van der Waals surface area contributed by atoms with Crippen molar-refractivity contribution in [3.8, 4) is 0 Å². The van der Waals surface area contributed by atoms with Gasteiger partial charge in [-0.2, -0.15) is 0 Å². The SMILES string of the molecule is Cc1c(N)cc(Cl)cc1S(=O)(=O)NCC1(C(C)C)CC1. The first kappa shape index (κ1) is 15.6. The van der Waals surface area contributed by atoms with Crippen LogP contribution >= 0.6 is 11.6 Å². The van der Waals surface area contributed by atoms with Crippen LogP contribution in [0.5, 0.6) is 0 Å². The van der Waals surface area contributed by atoms with Crippen molar-refractivity contribution in [3.05, 3.63) is 22.7 Å². The highest BCUT2D eigenvalue weighted by molar-refractivity contribution is 7.89. The third kappa shape index (κ3) is 2.95. The van der Waals surface area contributed by atoms with Crippen LogP contribution in [0.25, 0.3) is 0 Å². The molecular formula is C14H21ClN2O2S. The first-order chi connectivity index (χ1) is 9.18. The molecule has 0 aliphatic heterocycles. The highest BCUT2D eigenvalue weighted by atomic mass is 35.5. The highest BCUT2D eigenvalue weighted by Crippen LogP contribution is 2.51. The summed E-state index contributed by atoms with van der Waals surface area (Å²) in [6, 6.07) is 3.01. The van der Waals surface area contributed by atoms with Gasteiger partial charge in [-0.3, -0.25) is 0 Å². The lowest BCUT2D eigenvalue weighted by atomic mass is 9.93. The van der Waals surface area contributed by atoms with E-state index in [0.717, 1.165) is 12.8 Å². The normalized spacial score (nSPS) is 17.4. The summed E-state index contributed by atoms with van der Waals surface area (Å²) in [5.74, 6) is 0.468. The molecule has 0 heterocycles. The largest absolute Gasteiger partial charge is 0.398 e. The van der Waals surface area contributed by atoms with E-state index < -0.39 is 10.0 Å². The van der Waals surface area contributed by atoms with E-state index in [1.54, 1.807) is 13.0 Å². The number of benzene rings is 1. The Kier molecular flexibility index (Phi) is 4.06. The molecule has 0 spiro atoms. The minimum atomic E-state index is -3.58. The molecule has 1 saturated carbocycles. The van der Waals surface area contributed by atoms with Crippen LogP contribution in [0.1, 0.15) is 32.3 Å². The summed E-state index contributed by atoms with van der Waals surface area (Å²) in [7, 11) is -3.58. The summed E-state index contributed by atoms with van der Waals surface area (Å²) in [6.45, 7) is 6.42. The molecular weight excluding hydrogens is 296 g/mol. The van der Waals surface area contributed by atoms with Crippen molar-refractivity contribution in [2.45, 2.75) is 38.5 Å². The number of hydrogen-bond acceptors (Lipinski definition) is 3. The lowest BCUT2D eigenvalue weighted by molar-refractivity contribution is 0.357. The van der Waals surface area contributed by atoms with Gasteiger partial charge in [-0.15, -0.1) is 0 Å². The number of hydrogen-bond donors (Lipinski definition) is 2. The molecule has 1 aliphatic rings. The topological polar surface area (TPSA) is 72.2 Å². The van der Waals surface area contributed by atoms with Crippen LogP contribution < -0.4 is 10.5 Å². The summed E-state index contributed by atoms with van der Waals surface area (Å²) in [5, 5.41) is 0.332. The van der Waals surface area contributed by atoms with Crippen LogP contribution in [0, 0.1) is 18.3 Å². The van der Waals surface area contributed by atoms with Crippen LogP contribution in [0.15, 0.2) is 17.0 Å². The first-order valence-electron chi connectivity index (χ1n) is 6.73. The van der Waals surface area contributed by atoms with E-state index in [9.17, 15) is 8.42 Å². The zero-order chi connectivity index (χ0) is 15.1. The van der Waals surface area contributed by atoms with Crippen molar-refractivity contribution in [2.24, 2.45) is 11.3 Å². The van der Waals surface area contributed by atoms with Crippen molar-refractivity contribution in [1.82, 2.24) is 4.72 Å². The monoisotopic (exact) mass is 316 g/mol. The Bertz CT molecular complexity index is 622. The van der Waals surface area contributed by atoms with Gasteiger partial charge in [0, 0.05) is 17.3 Å². The fraction of sp³-hybridized carbons (Fsp3) is 0.571. The van der Waals surface area contributed by atoms with Gasteiger partial charge in [0.25, 0.3) is 0 Å². The maximum atomic E-state index is 12.4. The van der Waals surface area contributed by atoms with E-state index in [-0.39, 0.29) is 10.3 Å². The van der Waals surface area contributed by atoms with Crippen LogP contribution in [0.2, 0.25) is 5.02 Å². The van der Waals surface area contributed by atoms with E-state index in [4.69, 9.17) is 17.3 Å². The summed E-state index contributed by atoms with van der Waals surface area (Å²) in [5.41, 5.74) is 6.83. The number of anilines is 1. The fourth-order valence-corrected chi connectivity index (χ4v) is 4.12. The van der Waals surface area contributed by atoms with E-state index in [0.29, 0.717) is 28.7 Å². The Morgan fingerprint density at radius 1 is 1.40 bits per heavy atom. The smallest absolute Gasteiger partial charge is 0.240 e. The van der Waals surface area contributed by atoms with Crippen molar-refractivity contribution < 1.29 is 8.42 Å². The van der Waals surface area contributed by atoms with E-state index in [1.807, 2.05) is 0 Å². The zero-order valence-corrected chi connectivity index (χ0v) is 13.6. The standard InChI is InChI=1S/C14H21ClN2O2S/c1-9(2)14(4-5-14)8-17-20(18,19)13-7-11(15)6-12(16)10(13)3/h6-7,9,17H,4-5,8,16H2,1-3H3. The number of nitrogens with one attached hydrogen (secondary N) is 1. The lowest BCUT2D eigenvalue weighted by Crippen LogP contribution is -2.33. The minimum Gasteiger partial charge on any atom is -0.398 e. The van der Waals surface area contributed by atoms with Crippen molar-refractivity contribution in [3.63, 3.8) is 0 Å². The second kappa shape index (κ2) is 5.20. The molecule has 0 atom stereocenters. The highest BCUT2D eigenvalue weighted by Gasteiger charge is 2.45. The Morgan fingerprint density at radius 3 is 2.50 bits per heavy atom. The Hall–Kier alpha value is -0.780. The average Bonchev–Trinajstić information content (AvgIpc) is 3.12. The molecule has 3 N–H and O–H groups in total. The fourth-order valence-electron chi connectivity index (χ4n) is 2.39. The summed E-state index contributed by atoms with van der Waals surface area (Å²) >= 11 is 5.91. The molecule has 1 aromatic carbocycles. The molecule has 0 bridgehead atoms. The maximum Gasteiger partial charge on any atom is 0.240 e. The number of sulfonamides is 1. The number of halogens is 1. The quantitative estimate of drug-likeness (QED) is 0.820. The minimum absolute atomic E-state index is 0.116. The predicted molar refractivity (Wildman–Crippen MR) is 82.3 cm³/mol. The molecule has 0 amide bonds. The summed E-state index contributed by atoms with van der Waals surface area (Å²) in [4.78, 5) is 0.169. The van der Waals surface area contributed by atoms with Crippen LogP contribution in [0.4, 0.5) is 5.69 Å². The number of nitrogen functional groups attached to an aromatic ring is 1. The molecule has 0 aromatic heterocycles. The van der Waals surface area contributed by atoms with Crippen LogP contribution in [-0.2, 0) is 10.0 Å². The van der Waals surface area contributed by atoms with Gasteiger partial charge in [-0.25, -0.2) is 13.1 Å². The maximum absolute atomic E-state index is 12.4. The third-order valence-corrected chi connectivity index (χ3v) is 6.13. The van der Waals surface area contributed by atoms with Gasteiger partial charge in [0.15, 0.2) is 0 Å². The van der Waals surface area contributed by atoms with Gasteiger partial charge in [0.05, 0.1) is 4.90 Å². The molecule has 2 rings (SSSR count). The molecule has 0 saturated heterocycles. The van der Waals surface area contributed by atoms with Crippen molar-refractivity contribution in [2.75, 3.05) is 12.3 Å². The average molecular weight is 317 g/mol. The molecule has 6 heteroatoms. The Balaban J connectivity index is 2.23. The van der Waals surface area contributed by atoms with Crippen molar-refractivity contribution >= 4 is 27.3 Å². The van der Waals surface area contributed by atoms with E-state index in [2.05, 4.69) is 18.6 Å². The van der Waals surface area contributed by atoms with Gasteiger partial charge < -0.3 is 5.73 Å². The summed E-state index contributed by atoms with van der Waals surface area (Å²) < 4.78 is 27.6. The molecule has 1 aromatic rings. The molecule has 0 radical (unpaired) electrons. The first-order valence-corrected chi connectivity index (χ1v) is 8.59. The van der Waals surface area contributed by atoms with Gasteiger partial charge in [0.2, 0.25) is 10.0 Å². The van der Waals surface area contributed by atoms with Crippen LogP contribution in [-0.4, -0.2) is 15.0 Å². The molecule has 0 unspecified atom stereocenters. The lowest BCUT2D eigenvalue weighted by Gasteiger charge is -2.20. The summed E-state index contributed by atoms with van der Waals surface area (Å²) in [6.07, 6.45) is 2.15. The Labute approximate surface area is 125 Å². The predicted octanol–water partition coefficient (Wildman–Crippen LogP) is 2.95. The second-order valence-electron chi connectivity index (χ2n) is 5.96. The number of nitrogens with two attached hydrogens (primary N) is 1. The second-order valence-corrected chi connectivity index (χ2v) is 8.13. The molecule has 112 valence electrons. The van der Waals surface area contributed by atoms with Gasteiger partial charge in [0.1, 0.15) is 0 Å². The third-order valence-electron chi connectivity index (χ3n) is 4.39. The molecule has 1 fully saturated rings. The number of rotatable bonds is 5. The molecule has 1 aliphatic carbocycles. The Morgan fingerprint density at radius 2 is 2.00 bits per heavy atom. The zero-order valence-electron chi connectivity index (χ0n) is 12.0. The van der Waals surface area contributed by atoms with E-state index >= 15 is 0 Å². The van der Waals surface area contributed by atoms with Crippen LogP contribution in [0.3, 0.4) is 0 Å². The van der Waals surface area contributed by atoms with E-state index in [1.165, 1.54) is 6.07 Å².